The van der Waals surface area contributed by atoms with Gasteiger partial charge in [0.25, 0.3) is 0 Å². The molecule has 0 bridgehead atoms. The van der Waals surface area contributed by atoms with E-state index in [4.69, 9.17) is 5.11 Å². The number of hydrogen-bond donors (Lipinski definition) is 2. The van der Waals surface area contributed by atoms with Crippen LogP contribution in [0.2, 0.25) is 0 Å². The number of halogens is 4. The van der Waals surface area contributed by atoms with Crippen LogP contribution in [0.4, 0.5) is 4.48 Å². The number of carboxylic acids is 1. The van der Waals surface area contributed by atoms with Gasteiger partial charge in [-0.1, -0.05) is 0 Å². The molecule has 0 saturated heterocycles. The minimum absolute atomic E-state index is 0. The van der Waals surface area contributed by atoms with Crippen molar-refractivity contribution in [2.45, 2.75) is 0 Å². The summed E-state index contributed by atoms with van der Waals surface area (Å²) in [4.78, 5) is 9.30. The summed E-state index contributed by atoms with van der Waals surface area (Å²) in [5.74, 6) is -1.20. The second kappa shape index (κ2) is 24.1. The Morgan fingerprint density at radius 3 is 1.70 bits per heavy atom. The van der Waals surface area contributed by atoms with Crippen LogP contribution < -0.4 is 19.7 Å². The Kier molecular flexibility index (Phi) is 84.3. The molecule has 0 atom stereocenters. The summed E-state index contributed by atoms with van der Waals surface area (Å²) in [5, 5.41) is 7.61. The summed E-state index contributed by atoms with van der Waals surface area (Å²) in [6.45, 7) is -0.625. The van der Waals surface area contributed by atoms with Gasteiger partial charge in [0.1, 0.15) is 6.54 Å². The third-order valence-corrected chi connectivity index (χ3v) is 0.218. The second-order valence-electron chi connectivity index (χ2n) is 0.704. The predicted octanol–water partition coefficient (Wildman–Crippen LogP) is -9.82. The molecule has 0 rings (SSSR count). The monoisotopic (exact) mass is 161 g/mol. The van der Waals surface area contributed by atoms with Gasteiger partial charge in [-0.25, -0.2) is 0 Å². The van der Waals surface area contributed by atoms with Crippen LogP contribution in [0.3, 0.4) is 0 Å². The van der Waals surface area contributed by atoms with Gasteiger partial charge in [-0.05, 0) is 0 Å². The smallest absolute Gasteiger partial charge is 1.00 e. The van der Waals surface area contributed by atoms with Crippen molar-refractivity contribution in [3.8, 4) is 0 Å². The standard InChI is InChI=1S/C2H4FNO2.B.3FH/c3-4-1-2(5)6;;;;/h4H,1H2,(H,5,6);;3*1H/q;+3;;;/p-3. The van der Waals surface area contributed by atoms with E-state index < -0.39 is 12.5 Å². The van der Waals surface area contributed by atoms with E-state index in [0.29, 0.717) is 0 Å². The summed E-state index contributed by atoms with van der Waals surface area (Å²) < 4.78 is 10.6. The molecule has 60 valence electrons. The molecule has 2 N–H and O–H groups in total. The van der Waals surface area contributed by atoms with Crippen LogP contribution in [0.5, 0.6) is 0 Å². The molecule has 8 heteroatoms. The maximum atomic E-state index is 10.6. The van der Waals surface area contributed by atoms with E-state index in [1.807, 2.05) is 0 Å². The predicted molar refractivity (Wildman–Crippen MR) is 22.5 cm³/mol. The second-order valence-corrected chi connectivity index (χ2v) is 0.704. The van der Waals surface area contributed by atoms with E-state index in [0.717, 1.165) is 5.54 Å². The normalized spacial score (nSPS) is 4.90. The third-order valence-electron chi connectivity index (χ3n) is 0.218. The minimum atomic E-state index is -1.20. The fourth-order valence-corrected chi connectivity index (χ4v) is 0.0572. The number of carbonyl (C=O) groups is 1. The molecule has 0 aliphatic carbocycles. The molecule has 3 nitrogen and oxygen atoms in total. The van der Waals surface area contributed by atoms with Crippen LogP contribution >= 0.6 is 0 Å². The first-order valence-corrected chi connectivity index (χ1v) is 1.32. The molecule has 0 heterocycles. The van der Waals surface area contributed by atoms with Crippen molar-refractivity contribution in [2.24, 2.45) is 0 Å². The summed E-state index contributed by atoms with van der Waals surface area (Å²) in [7, 11) is 0. The summed E-state index contributed by atoms with van der Waals surface area (Å²) >= 11 is 0. The zero-order valence-electron chi connectivity index (χ0n) is 4.65. The molecular weight excluding hydrogens is 157 g/mol. The van der Waals surface area contributed by atoms with Crippen molar-refractivity contribution in [1.82, 2.24) is 5.54 Å². The molecule has 0 aromatic heterocycles. The average Bonchev–Trinajstić information content (AvgIpc) is 1.35. The number of carboxylic acid groups (broad SMARTS) is 1. The van der Waals surface area contributed by atoms with Gasteiger partial charge in [-0.2, -0.15) is 0 Å². The topological polar surface area (TPSA) is 49.3 Å². The van der Waals surface area contributed by atoms with Gasteiger partial charge in [0.15, 0.2) is 0 Å². The molecule has 0 amide bonds. The molecule has 0 aliphatic heterocycles. The Morgan fingerprint density at radius 2 is 1.70 bits per heavy atom. The third kappa shape index (κ3) is 56.8. The van der Waals surface area contributed by atoms with Crippen LogP contribution in [-0.2, 0) is 4.79 Å². The van der Waals surface area contributed by atoms with Crippen LogP contribution in [-0.4, -0.2) is 26.0 Å². The fourth-order valence-electron chi connectivity index (χ4n) is 0.0572. The Bertz CT molecular complexity index is 65.2. The number of hydrogen-bond acceptors (Lipinski definition) is 2. The molecule has 0 unspecified atom stereocenters. The first-order chi connectivity index (χ1) is 2.77. The van der Waals surface area contributed by atoms with E-state index in [2.05, 4.69) is 0 Å². The number of rotatable bonds is 2. The molecular formula is C2H4BF4NO2. The van der Waals surface area contributed by atoms with Gasteiger partial charge >= 0.3 is 14.4 Å². The van der Waals surface area contributed by atoms with Crippen LogP contribution in [0, 0.1) is 0 Å². The van der Waals surface area contributed by atoms with Crippen molar-refractivity contribution < 1.29 is 28.5 Å². The molecule has 0 aliphatic rings. The summed E-state index contributed by atoms with van der Waals surface area (Å²) in [5.41, 5.74) is 0.968. The summed E-state index contributed by atoms with van der Waals surface area (Å²) in [6, 6.07) is 0. The van der Waals surface area contributed by atoms with Crippen LogP contribution in [0.25, 0.3) is 0 Å². The fraction of sp³-hybridized carbons (Fsp3) is 0.500. The minimum Gasteiger partial charge on any atom is -1.00 e. The molecule has 0 saturated carbocycles. The van der Waals surface area contributed by atoms with Gasteiger partial charge in [0.05, 0.1) is 0 Å². The average molecular weight is 161 g/mol. The number of nitrogens with one attached hydrogen (secondary N) is 1. The van der Waals surface area contributed by atoms with Crippen molar-refractivity contribution in [3.05, 3.63) is 0 Å². The van der Waals surface area contributed by atoms with E-state index in [1.54, 1.807) is 0 Å². The van der Waals surface area contributed by atoms with Gasteiger partial charge in [0.2, 0.25) is 0 Å². The van der Waals surface area contributed by atoms with Crippen molar-refractivity contribution in [2.75, 3.05) is 6.54 Å². The van der Waals surface area contributed by atoms with Crippen molar-refractivity contribution in [3.63, 3.8) is 0 Å². The van der Waals surface area contributed by atoms with E-state index >= 15 is 0 Å². The van der Waals surface area contributed by atoms with Gasteiger partial charge < -0.3 is 19.2 Å². The van der Waals surface area contributed by atoms with Gasteiger partial charge in [-0.15, -0.1) is 10.0 Å². The molecule has 0 spiro atoms. The first kappa shape index (κ1) is 35.0. The van der Waals surface area contributed by atoms with Crippen LogP contribution in [0.15, 0.2) is 0 Å². The van der Waals surface area contributed by atoms with E-state index in [9.17, 15) is 9.28 Å². The molecule has 0 aromatic rings. The van der Waals surface area contributed by atoms with Gasteiger partial charge in [-0.3, -0.25) is 4.79 Å². The van der Waals surface area contributed by atoms with Gasteiger partial charge in [0, 0.05) is 0 Å². The first-order valence-electron chi connectivity index (χ1n) is 1.32. The maximum absolute atomic E-state index is 10.6. The van der Waals surface area contributed by atoms with Crippen molar-refractivity contribution >= 4 is 14.4 Å². The SMILES string of the molecule is O=C(O)CNF.[B+3].[F-].[F-].[F-]. The van der Waals surface area contributed by atoms with Crippen molar-refractivity contribution in [1.29, 1.82) is 0 Å². The Morgan fingerprint density at radius 1 is 1.40 bits per heavy atom. The zero-order valence-corrected chi connectivity index (χ0v) is 4.65. The van der Waals surface area contributed by atoms with E-state index in [-0.39, 0.29) is 22.5 Å². The van der Waals surface area contributed by atoms with E-state index in [1.165, 1.54) is 0 Å². The molecule has 10 heavy (non-hydrogen) atoms. The Hall–Kier alpha value is -0.785. The molecule has 0 radical (unpaired) electrons. The molecule has 0 aromatic carbocycles. The summed E-state index contributed by atoms with van der Waals surface area (Å²) in [6.07, 6.45) is 0. The quantitative estimate of drug-likeness (QED) is 0.240. The Balaban J connectivity index is -0.0000000208. The largest absolute Gasteiger partial charge is 3.00 e. The Labute approximate surface area is 56.2 Å². The zero-order chi connectivity index (χ0) is 4.99. The molecule has 0 fully saturated rings. The number of aliphatic carboxylic acids is 1. The maximum Gasteiger partial charge on any atom is 3.00 e. The van der Waals surface area contributed by atoms with Crippen LogP contribution in [0.1, 0.15) is 0 Å².